The minimum Gasteiger partial charge on any atom is -0.373 e. The number of H-pyrrole nitrogens is 1. The maximum Gasteiger partial charge on any atom is 0.270 e. The summed E-state index contributed by atoms with van der Waals surface area (Å²) >= 11 is 1.62. The Kier molecular flexibility index (Phi) is 4.56. The number of benzene rings is 1. The molecule has 0 saturated carbocycles. The number of para-hydroxylation sites is 1. The van der Waals surface area contributed by atoms with Gasteiger partial charge >= 0.3 is 0 Å². The van der Waals surface area contributed by atoms with Gasteiger partial charge in [-0.2, -0.15) is 0 Å². The van der Waals surface area contributed by atoms with E-state index in [1.165, 1.54) is 0 Å². The minimum absolute atomic E-state index is 0.0724. The number of anilines is 1. The molecule has 2 aromatic heterocycles. The number of fused-ring (bicyclic) bond motifs is 1. The maximum absolute atomic E-state index is 13.1. The average Bonchev–Trinajstić information content (AvgIpc) is 3.46. The van der Waals surface area contributed by atoms with Crippen LogP contribution >= 0.6 is 11.3 Å². The largest absolute Gasteiger partial charge is 0.373 e. The van der Waals surface area contributed by atoms with Gasteiger partial charge in [-0.25, -0.2) is 4.98 Å². The van der Waals surface area contributed by atoms with Crippen LogP contribution in [-0.4, -0.2) is 52.6 Å². The Morgan fingerprint density at radius 3 is 3.21 bits per heavy atom. The number of hydrogen-bond acceptors (Lipinski definition) is 5. The third-order valence-corrected chi connectivity index (χ3v) is 6.58. The van der Waals surface area contributed by atoms with Gasteiger partial charge in [0.1, 0.15) is 5.69 Å². The summed E-state index contributed by atoms with van der Waals surface area (Å²) in [5.74, 6) is 0.523. The number of hydrogen-bond donors (Lipinski definition) is 2. The molecule has 2 atom stereocenters. The van der Waals surface area contributed by atoms with Gasteiger partial charge in [0.15, 0.2) is 5.13 Å². The van der Waals surface area contributed by atoms with Crippen molar-refractivity contribution in [3.05, 3.63) is 47.6 Å². The van der Waals surface area contributed by atoms with Crippen molar-refractivity contribution in [1.29, 1.82) is 0 Å². The van der Waals surface area contributed by atoms with Gasteiger partial charge in [-0.3, -0.25) is 4.79 Å². The Bertz CT molecular complexity index is 937. The number of ether oxygens (including phenoxy) is 1. The van der Waals surface area contributed by atoms with Crippen molar-refractivity contribution in [2.45, 2.75) is 24.9 Å². The van der Waals surface area contributed by atoms with Crippen molar-refractivity contribution in [2.75, 3.05) is 31.6 Å². The summed E-state index contributed by atoms with van der Waals surface area (Å²) in [7, 11) is 0. The first-order chi connectivity index (χ1) is 13.7. The molecule has 0 radical (unpaired) electrons. The van der Waals surface area contributed by atoms with E-state index in [4.69, 9.17) is 4.74 Å². The molecule has 7 heteroatoms. The second kappa shape index (κ2) is 7.22. The Morgan fingerprint density at radius 1 is 1.43 bits per heavy atom. The Morgan fingerprint density at radius 2 is 2.36 bits per heavy atom. The molecule has 2 N–H and O–H groups in total. The fraction of sp³-hybridized carbons (Fsp3) is 0.429. The van der Waals surface area contributed by atoms with Gasteiger partial charge in [0.25, 0.3) is 5.91 Å². The van der Waals surface area contributed by atoms with Gasteiger partial charge in [-0.1, -0.05) is 18.2 Å². The van der Waals surface area contributed by atoms with Gasteiger partial charge < -0.3 is 19.9 Å². The highest BCUT2D eigenvalue weighted by atomic mass is 32.1. The van der Waals surface area contributed by atoms with Gasteiger partial charge in [0, 0.05) is 41.5 Å². The predicted molar refractivity (Wildman–Crippen MR) is 111 cm³/mol. The van der Waals surface area contributed by atoms with Gasteiger partial charge in [0.05, 0.1) is 18.8 Å². The smallest absolute Gasteiger partial charge is 0.270 e. The van der Waals surface area contributed by atoms with E-state index in [1.54, 1.807) is 11.3 Å². The number of carbonyl (C=O) groups excluding carboxylic acids is 1. The molecular formula is C21H24N4O2S. The quantitative estimate of drug-likeness (QED) is 0.705. The zero-order valence-electron chi connectivity index (χ0n) is 15.7. The second-order valence-electron chi connectivity index (χ2n) is 7.88. The van der Waals surface area contributed by atoms with Crippen molar-refractivity contribution < 1.29 is 9.53 Å². The van der Waals surface area contributed by atoms with E-state index in [0.29, 0.717) is 18.2 Å². The van der Waals surface area contributed by atoms with Crippen molar-refractivity contribution in [3.63, 3.8) is 0 Å². The van der Waals surface area contributed by atoms with E-state index in [0.717, 1.165) is 55.0 Å². The molecule has 0 bridgehead atoms. The molecule has 6 nitrogen and oxygen atoms in total. The predicted octanol–water partition coefficient (Wildman–Crippen LogP) is 3.75. The Balaban J connectivity index is 1.25. The summed E-state index contributed by atoms with van der Waals surface area (Å²) in [5.41, 5.74) is 1.47. The topological polar surface area (TPSA) is 70.2 Å². The van der Waals surface area contributed by atoms with Gasteiger partial charge in [-0.05, 0) is 31.4 Å². The maximum atomic E-state index is 13.1. The lowest BCUT2D eigenvalue weighted by molar-refractivity contribution is -0.0450. The number of aromatic nitrogens is 2. The molecule has 2 unspecified atom stereocenters. The van der Waals surface area contributed by atoms with Crippen LogP contribution in [0.4, 0.5) is 5.13 Å². The molecule has 2 aliphatic rings. The fourth-order valence-electron chi connectivity index (χ4n) is 4.53. The lowest BCUT2D eigenvalue weighted by atomic mass is 9.86. The number of rotatable bonds is 4. The highest BCUT2D eigenvalue weighted by molar-refractivity contribution is 7.13. The van der Waals surface area contributed by atoms with Gasteiger partial charge in [-0.15, -0.1) is 11.3 Å². The van der Waals surface area contributed by atoms with E-state index >= 15 is 0 Å². The zero-order chi connectivity index (χ0) is 19.0. The second-order valence-corrected chi connectivity index (χ2v) is 8.78. The molecule has 2 saturated heterocycles. The number of piperidine rings is 1. The molecule has 1 spiro atoms. The van der Waals surface area contributed by atoms with Crippen molar-refractivity contribution >= 4 is 33.3 Å². The molecule has 2 fully saturated rings. The number of amides is 1. The molecule has 4 heterocycles. The molecule has 1 amide bonds. The number of aromatic amines is 1. The van der Waals surface area contributed by atoms with Gasteiger partial charge in [0.2, 0.25) is 0 Å². The van der Waals surface area contributed by atoms with Crippen LogP contribution in [0.3, 0.4) is 0 Å². The summed E-state index contributed by atoms with van der Waals surface area (Å²) < 4.78 is 6.28. The van der Waals surface area contributed by atoms with Crippen LogP contribution < -0.4 is 5.32 Å². The number of thiazole rings is 1. The van der Waals surface area contributed by atoms with E-state index in [2.05, 4.69) is 15.3 Å². The average molecular weight is 397 g/mol. The van der Waals surface area contributed by atoms with E-state index in [9.17, 15) is 4.79 Å². The standard InChI is InChI=1S/C21H24N4O2S/c26-19(18-10-16-4-1-2-5-17(16)24-18)25-8-3-6-21(14-25)11-15(13-27-21)12-23-20-22-7-9-28-20/h1-2,4-5,7,9-10,15,24H,3,6,8,11-14H2,(H,22,23). The van der Waals surface area contributed by atoms with E-state index in [-0.39, 0.29) is 11.5 Å². The summed E-state index contributed by atoms with van der Waals surface area (Å²) in [5, 5.41) is 7.41. The van der Waals surface area contributed by atoms with Crippen LogP contribution in [-0.2, 0) is 4.74 Å². The van der Waals surface area contributed by atoms with Crippen LogP contribution in [0.15, 0.2) is 41.9 Å². The zero-order valence-corrected chi connectivity index (χ0v) is 16.5. The Hall–Kier alpha value is -2.38. The lowest BCUT2D eigenvalue weighted by Crippen LogP contribution is -2.50. The summed E-state index contributed by atoms with van der Waals surface area (Å²) in [6, 6.07) is 9.96. The summed E-state index contributed by atoms with van der Waals surface area (Å²) in [6.07, 6.45) is 4.81. The van der Waals surface area contributed by atoms with Crippen molar-refractivity contribution in [2.24, 2.45) is 5.92 Å². The minimum atomic E-state index is -0.199. The molecular weight excluding hydrogens is 372 g/mol. The molecule has 2 aliphatic heterocycles. The van der Waals surface area contributed by atoms with E-state index in [1.807, 2.05) is 46.8 Å². The highest BCUT2D eigenvalue weighted by Crippen LogP contribution is 2.38. The first-order valence-corrected chi connectivity index (χ1v) is 10.7. The SMILES string of the molecule is O=C(c1cc2ccccc2[nH]1)N1CCCC2(CC(CNc3nccs3)CO2)C1. The molecule has 3 aromatic rings. The summed E-state index contributed by atoms with van der Waals surface area (Å²) in [6.45, 7) is 3.08. The highest BCUT2D eigenvalue weighted by Gasteiger charge is 2.44. The van der Waals surface area contributed by atoms with Crippen LogP contribution in [0.25, 0.3) is 10.9 Å². The third-order valence-electron chi connectivity index (χ3n) is 5.85. The van der Waals surface area contributed by atoms with Crippen LogP contribution in [0.1, 0.15) is 29.8 Å². The van der Waals surface area contributed by atoms with Crippen molar-refractivity contribution in [3.8, 4) is 0 Å². The van der Waals surface area contributed by atoms with Crippen molar-refractivity contribution in [1.82, 2.24) is 14.9 Å². The van der Waals surface area contributed by atoms with Crippen LogP contribution in [0.5, 0.6) is 0 Å². The molecule has 0 aliphatic carbocycles. The first kappa shape index (κ1) is 17.7. The molecule has 146 valence electrons. The normalized spacial score (nSPS) is 24.9. The lowest BCUT2D eigenvalue weighted by Gasteiger charge is -2.39. The third kappa shape index (κ3) is 3.40. The number of nitrogens with one attached hydrogen (secondary N) is 2. The Labute approximate surface area is 167 Å². The monoisotopic (exact) mass is 396 g/mol. The summed E-state index contributed by atoms with van der Waals surface area (Å²) in [4.78, 5) is 22.6. The van der Waals surface area contributed by atoms with Crippen LogP contribution in [0.2, 0.25) is 0 Å². The molecule has 5 rings (SSSR count). The number of carbonyl (C=O) groups is 1. The van der Waals surface area contributed by atoms with Crippen LogP contribution in [0, 0.1) is 5.92 Å². The number of likely N-dealkylation sites (tertiary alicyclic amines) is 1. The number of nitrogens with zero attached hydrogens (tertiary/aromatic N) is 2. The molecule has 28 heavy (non-hydrogen) atoms. The fourth-order valence-corrected chi connectivity index (χ4v) is 5.07. The molecule has 1 aromatic carbocycles. The first-order valence-electron chi connectivity index (χ1n) is 9.85. The van der Waals surface area contributed by atoms with E-state index < -0.39 is 0 Å².